The largest absolute Gasteiger partial charge is 0.444 e. The molecule has 1 fully saturated rings. The predicted octanol–water partition coefficient (Wildman–Crippen LogP) is 3.95. The van der Waals surface area contributed by atoms with Crippen molar-refractivity contribution in [3.8, 4) is 0 Å². The third-order valence-electron chi connectivity index (χ3n) is 3.91. The minimum absolute atomic E-state index is 0.160. The Balaban J connectivity index is 2.15. The molecular weight excluding hydrogens is 280 g/mol. The molecule has 0 spiro atoms. The van der Waals surface area contributed by atoms with Crippen LogP contribution < -0.4 is 10.9 Å². The van der Waals surface area contributed by atoms with Gasteiger partial charge in [-0.15, -0.1) is 0 Å². The van der Waals surface area contributed by atoms with Crippen molar-refractivity contribution in [2.45, 2.75) is 65.0 Å². The predicted molar refractivity (Wildman–Crippen MR) is 87.2 cm³/mol. The van der Waals surface area contributed by atoms with Gasteiger partial charge in [-0.25, -0.2) is 4.79 Å². The van der Waals surface area contributed by atoms with E-state index in [9.17, 15) is 9.59 Å². The Morgan fingerprint density at radius 2 is 2.09 bits per heavy atom. The normalized spacial score (nSPS) is 22.2. The van der Waals surface area contributed by atoms with E-state index in [0.29, 0.717) is 5.92 Å². The third-order valence-corrected chi connectivity index (χ3v) is 3.91. The van der Waals surface area contributed by atoms with Crippen molar-refractivity contribution in [3.63, 3.8) is 0 Å². The molecule has 5 nitrogen and oxygen atoms in total. The van der Waals surface area contributed by atoms with Crippen LogP contribution in [0.25, 0.3) is 0 Å². The molecular formula is C17H26N2O3. The van der Waals surface area contributed by atoms with E-state index in [4.69, 9.17) is 4.74 Å². The Morgan fingerprint density at radius 1 is 1.36 bits per heavy atom. The zero-order valence-electron chi connectivity index (χ0n) is 13.9. The summed E-state index contributed by atoms with van der Waals surface area (Å²) in [5, 5.41) is 2.56. The fourth-order valence-electron chi connectivity index (χ4n) is 2.96. The van der Waals surface area contributed by atoms with Gasteiger partial charge in [-0.1, -0.05) is 19.8 Å². The highest BCUT2D eigenvalue weighted by Gasteiger charge is 2.22. The Kier molecular flexibility index (Phi) is 4.94. The number of ether oxygens (including phenoxy) is 1. The number of nitrogens with one attached hydrogen (secondary N) is 1. The molecule has 0 aliphatic heterocycles. The van der Waals surface area contributed by atoms with Gasteiger partial charge in [0, 0.05) is 12.2 Å². The first kappa shape index (κ1) is 16.6. The molecule has 1 N–H and O–H groups in total. The van der Waals surface area contributed by atoms with Crippen molar-refractivity contribution in [1.29, 1.82) is 0 Å². The Bertz CT molecular complexity index is 586. The van der Waals surface area contributed by atoms with Gasteiger partial charge in [-0.3, -0.25) is 10.1 Å². The number of aromatic nitrogens is 1. The van der Waals surface area contributed by atoms with Gasteiger partial charge in [-0.2, -0.15) is 0 Å². The van der Waals surface area contributed by atoms with Crippen LogP contribution in [0.2, 0.25) is 0 Å². The minimum atomic E-state index is -0.598. The van der Waals surface area contributed by atoms with Crippen LogP contribution in [0.15, 0.2) is 23.1 Å². The monoisotopic (exact) mass is 306 g/mol. The highest BCUT2D eigenvalue weighted by molar-refractivity contribution is 5.84. The van der Waals surface area contributed by atoms with Crippen molar-refractivity contribution in [2.75, 3.05) is 5.32 Å². The average molecular weight is 306 g/mol. The summed E-state index contributed by atoms with van der Waals surface area (Å²) in [6.45, 7) is 7.60. The fourth-order valence-corrected chi connectivity index (χ4v) is 2.96. The number of anilines is 1. The molecule has 0 unspecified atom stereocenters. The second-order valence-electron chi connectivity index (χ2n) is 7.19. The highest BCUT2D eigenvalue weighted by atomic mass is 16.6. The van der Waals surface area contributed by atoms with Gasteiger partial charge < -0.3 is 9.30 Å². The summed E-state index contributed by atoms with van der Waals surface area (Å²) >= 11 is 0. The summed E-state index contributed by atoms with van der Waals surface area (Å²) in [4.78, 5) is 24.4. The summed E-state index contributed by atoms with van der Waals surface area (Å²) in [5.74, 6) is 0.633. The fraction of sp³-hybridized carbons (Fsp3) is 0.647. The summed E-state index contributed by atoms with van der Waals surface area (Å²) in [5.41, 5.74) is -0.473. The quantitative estimate of drug-likeness (QED) is 0.900. The summed E-state index contributed by atoms with van der Waals surface area (Å²) < 4.78 is 6.95. The molecule has 1 heterocycles. The maximum absolute atomic E-state index is 12.6. The van der Waals surface area contributed by atoms with Gasteiger partial charge in [0.05, 0.1) is 0 Å². The lowest BCUT2D eigenvalue weighted by atomic mass is 9.87. The molecule has 1 aliphatic rings. The van der Waals surface area contributed by atoms with E-state index in [0.717, 1.165) is 19.3 Å². The summed E-state index contributed by atoms with van der Waals surface area (Å²) in [6, 6.07) is 3.64. The van der Waals surface area contributed by atoms with Crippen molar-refractivity contribution >= 4 is 11.8 Å². The van der Waals surface area contributed by atoms with E-state index in [1.54, 1.807) is 37.5 Å². The highest BCUT2D eigenvalue weighted by Crippen LogP contribution is 2.31. The average Bonchev–Trinajstić information content (AvgIpc) is 2.39. The molecule has 1 aromatic heterocycles. The molecule has 0 saturated heterocycles. The Morgan fingerprint density at radius 3 is 2.73 bits per heavy atom. The molecule has 0 radical (unpaired) electrons. The van der Waals surface area contributed by atoms with Gasteiger partial charge in [-0.05, 0) is 51.7 Å². The Hall–Kier alpha value is -1.78. The van der Waals surface area contributed by atoms with Gasteiger partial charge in [0.2, 0.25) is 0 Å². The van der Waals surface area contributed by atoms with Gasteiger partial charge in [0.15, 0.2) is 0 Å². The lowest BCUT2D eigenvalue weighted by molar-refractivity contribution is 0.0635. The smallest absolute Gasteiger partial charge is 0.412 e. The van der Waals surface area contributed by atoms with E-state index in [1.807, 2.05) is 6.20 Å². The van der Waals surface area contributed by atoms with Crippen molar-refractivity contribution in [3.05, 3.63) is 28.7 Å². The number of hydrogen-bond acceptors (Lipinski definition) is 3. The first-order valence-corrected chi connectivity index (χ1v) is 7.97. The molecule has 22 heavy (non-hydrogen) atoms. The summed E-state index contributed by atoms with van der Waals surface area (Å²) in [7, 11) is 0. The molecule has 5 heteroatoms. The van der Waals surface area contributed by atoms with Crippen molar-refractivity contribution < 1.29 is 9.53 Å². The second kappa shape index (κ2) is 6.55. The van der Waals surface area contributed by atoms with Crippen LogP contribution in [-0.2, 0) is 4.74 Å². The van der Waals surface area contributed by atoms with Crippen molar-refractivity contribution in [1.82, 2.24) is 4.57 Å². The summed E-state index contributed by atoms with van der Waals surface area (Å²) in [6.07, 6.45) is 5.60. The number of hydrogen-bond donors (Lipinski definition) is 1. The zero-order valence-corrected chi connectivity index (χ0v) is 13.9. The molecule has 0 bridgehead atoms. The van der Waals surface area contributed by atoms with Crippen molar-refractivity contribution in [2.24, 2.45) is 5.92 Å². The molecule has 1 amide bonds. The van der Waals surface area contributed by atoms with E-state index < -0.39 is 11.7 Å². The van der Waals surface area contributed by atoms with Crippen LogP contribution in [0.4, 0.5) is 10.5 Å². The van der Waals surface area contributed by atoms with Gasteiger partial charge >= 0.3 is 6.09 Å². The van der Waals surface area contributed by atoms with Crippen LogP contribution in [0.5, 0.6) is 0 Å². The lowest BCUT2D eigenvalue weighted by Crippen LogP contribution is -2.32. The number of nitrogens with zero attached hydrogens (tertiary/aromatic N) is 1. The molecule has 2 rings (SSSR count). The topological polar surface area (TPSA) is 60.3 Å². The van der Waals surface area contributed by atoms with Gasteiger partial charge in [0.1, 0.15) is 11.3 Å². The zero-order chi connectivity index (χ0) is 16.3. The van der Waals surface area contributed by atoms with Crippen LogP contribution >= 0.6 is 0 Å². The molecule has 1 saturated carbocycles. The van der Waals surface area contributed by atoms with Crippen LogP contribution in [0.3, 0.4) is 0 Å². The lowest BCUT2D eigenvalue weighted by Gasteiger charge is -2.28. The maximum atomic E-state index is 12.6. The van der Waals surface area contributed by atoms with E-state index >= 15 is 0 Å². The van der Waals surface area contributed by atoms with E-state index in [2.05, 4.69) is 12.2 Å². The Labute approximate surface area is 131 Å². The minimum Gasteiger partial charge on any atom is -0.444 e. The molecule has 1 aliphatic carbocycles. The number of carbonyl (C=O) groups is 1. The molecule has 1 aromatic rings. The van der Waals surface area contributed by atoms with Gasteiger partial charge in [0.25, 0.3) is 5.56 Å². The second-order valence-corrected chi connectivity index (χ2v) is 7.19. The maximum Gasteiger partial charge on any atom is 0.412 e. The first-order valence-electron chi connectivity index (χ1n) is 7.97. The third kappa shape index (κ3) is 4.36. The number of rotatable bonds is 2. The SMILES string of the molecule is C[C@H]1CCC[C@H](n2cccc(NC(=O)OC(C)(C)C)c2=O)C1. The van der Waals surface area contributed by atoms with Crippen LogP contribution in [0.1, 0.15) is 59.4 Å². The molecule has 2 atom stereocenters. The number of amides is 1. The number of pyridine rings is 1. The molecule has 122 valence electrons. The van der Waals surface area contributed by atoms with E-state index in [1.165, 1.54) is 6.42 Å². The number of carbonyl (C=O) groups excluding carboxylic acids is 1. The first-order chi connectivity index (χ1) is 10.3. The van der Waals surface area contributed by atoms with Crippen LogP contribution in [-0.4, -0.2) is 16.3 Å². The van der Waals surface area contributed by atoms with Crippen LogP contribution in [0, 0.1) is 5.92 Å². The molecule has 0 aromatic carbocycles. The van der Waals surface area contributed by atoms with E-state index in [-0.39, 0.29) is 17.3 Å². The standard InChI is InChI=1S/C17H26N2O3/c1-12-7-5-8-13(11-12)19-10-6-9-14(15(19)20)18-16(21)22-17(2,3)4/h6,9-10,12-13H,5,7-8,11H2,1-4H3,(H,18,21)/t12-,13-/m0/s1.